The van der Waals surface area contributed by atoms with E-state index >= 15 is 0 Å². The van der Waals surface area contributed by atoms with E-state index < -0.39 is 57.9 Å². The number of hydrogen-bond acceptors (Lipinski definition) is 6. The van der Waals surface area contributed by atoms with Gasteiger partial charge in [0.05, 0.1) is 11.7 Å². The van der Waals surface area contributed by atoms with Crippen LogP contribution in [-0.4, -0.2) is 50.8 Å². The lowest BCUT2D eigenvalue weighted by molar-refractivity contribution is -0.191. The highest BCUT2D eigenvalue weighted by atomic mass is 16.6. The number of ether oxygens (including phenoxy) is 1. The zero-order valence-electron chi connectivity index (χ0n) is 23.3. The number of amides is 1. The topological polar surface area (TPSA) is 126 Å². The van der Waals surface area contributed by atoms with Crippen LogP contribution < -0.4 is 5.32 Å². The van der Waals surface area contributed by atoms with Gasteiger partial charge in [-0.1, -0.05) is 50.3 Å². The molecule has 2 aromatic rings. The third-order valence-corrected chi connectivity index (χ3v) is 10.1. The summed E-state index contributed by atoms with van der Waals surface area (Å²) in [7, 11) is 0. The smallest absolute Gasteiger partial charge is 0.237 e. The molecule has 2 bridgehead atoms. The Balaban J connectivity index is 1.50. The molecule has 6 rings (SSSR count). The maximum Gasteiger partial charge on any atom is 0.237 e. The SMILES string of the molecule is CC1=C[C@@H](C)CC=C[C@H]2[C@H](O)[C@@]3(C)O[C@@]4(Cc5c[nH]c6ccccc56)NC(=O)[C@]2(C(=O)CCC(=O)C1=O)[C@H]4[C@@H]3C. The highest BCUT2D eigenvalue weighted by Crippen LogP contribution is 2.67. The number of hydrogen-bond donors (Lipinski definition) is 3. The van der Waals surface area contributed by atoms with Crippen LogP contribution in [0.2, 0.25) is 0 Å². The second-order valence-electron chi connectivity index (χ2n) is 12.4. The molecule has 1 spiro atoms. The normalized spacial score (nSPS) is 39.8. The lowest BCUT2D eigenvalue weighted by atomic mass is 9.50. The molecule has 3 heterocycles. The van der Waals surface area contributed by atoms with Gasteiger partial charge in [0.15, 0.2) is 5.72 Å². The first-order chi connectivity index (χ1) is 19.0. The van der Waals surface area contributed by atoms with Crippen LogP contribution in [-0.2, 0) is 30.3 Å². The van der Waals surface area contributed by atoms with Crippen molar-refractivity contribution in [2.45, 2.75) is 70.8 Å². The number of aromatic nitrogens is 1. The third-order valence-electron chi connectivity index (χ3n) is 10.1. The number of carbonyl (C=O) groups excluding carboxylic acids is 4. The largest absolute Gasteiger partial charge is 0.389 e. The van der Waals surface area contributed by atoms with Gasteiger partial charge < -0.3 is 20.1 Å². The Morgan fingerprint density at radius 1 is 1.10 bits per heavy atom. The molecule has 8 heteroatoms. The molecule has 1 aromatic heterocycles. The van der Waals surface area contributed by atoms with Crippen molar-refractivity contribution in [2.75, 3.05) is 0 Å². The summed E-state index contributed by atoms with van der Waals surface area (Å²) in [6, 6.07) is 7.87. The molecule has 210 valence electrons. The number of benzene rings is 1. The number of H-pyrrole nitrogens is 1. The van der Waals surface area contributed by atoms with E-state index in [9.17, 15) is 24.3 Å². The minimum absolute atomic E-state index is 0.0537. The van der Waals surface area contributed by atoms with Crippen LogP contribution in [0.3, 0.4) is 0 Å². The second kappa shape index (κ2) is 9.08. The maximum absolute atomic E-state index is 14.3. The maximum atomic E-state index is 14.3. The Hall–Kier alpha value is -3.36. The van der Waals surface area contributed by atoms with Crippen molar-refractivity contribution in [3.05, 3.63) is 59.8 Å². The number of fused-ring (bicyclic) bond motifs is 2. The van der Waals surface area contributed by atoms with E-state index in [1.54, 1.807) is 19.1 Å². The number of aliphatic hydroxyl groups is 1. The van der Waals surface area contributed by atoms with Crippen molar-refractivity contribution in [3.8, 4) is 0 Å². The van der Waals surface area contributed by atoms with Crippen LogP contribution in [0.1, 0.15) is 52.5 Å². The van der Waals surface area contributed by atoms with Gasteiger partial charge in [0.25, 0.3) is 0 Å². The molecule has 1 amide bonds. The van der Waals surface area contributed by atoms with Crippen LogP contribution in [0.15, 0.2) is 54.3 Å². The standard InChI is InChI=1S/C32H36N2O6/c1-17-8-7-10-22-28(38)30(4)19(3)27-31(40-30,15-20-16-33-23-11-6-5-9-21(20)23)34-29(39)32(22,27)25(36)13-12-24(35)26(37)18(2)14-17/h5-7,9-11,14,16-17,19,22,27-28,33,38H,8,12-13,15H2,1-4H3,(H,34,39)/t17-,19-,22-,27-,28-,30-,31+,32+/m0/s1. The summed E-state index contributed by atoms with van der Waals surface area (Å²) in [5.41, 5.74) is -1.64. The van der Waals surface area contributed by atoms with Crippen molar-refractivity contribution in [1.29, 1.82) is 0 Å². The number of rotatable bonds is 2. The third kappa shape index (κ3) is 3.51. The van der Waals surface area contributed by atoms with E-state index in [2.05, 4.69) is 10.3 Å². The van der Waals surface area contributed by atoms with Gasteiger partial charge in [-0.2, -0.15) is 0 Å². The molecule has 3 N–H and O–H groups in total. The molecule has 3 fully saturated rings. The van der Waals surface area contributed by atoms with Gasteiger partial charge in [-0.15, -0.1) is 0 Å². The lowest BCUT2D eigenvalue weighted by Gasteiger charge is -2.50. The zero-order chi connectivity index (χ0) is 28.6. The van der Waals surface area contributed by atoms with Crippen LogP contribution >= 0.6 is 0 Å². The molecule has 2 aliphatic heterocycles. The lowest BCUT2D eigenvalue weighted by Crippen LogP contribution is -2.64. The van der Waals surface area contributed by atoms with Crippen LogP contribution in [0.25, 0.3) is 10.9 Å². The molecule has 2 aliphatic carbocycles. The summed E-state index contributed by atoms with van der Waals surface area (Å²) in [5.74, 6) is -4.00. The molecular formula is C32H36N2O6. The van der Waals surface area contributed by atoms with Crippen LogP contribution in [0.5, 0.6) is 0 Å². The minimum Gasteiger partial charge on any atom is -0.389 e. The summed E-state index contributed by atoms with van der Waals surface area (Å²) < 4.78 is 6.78. The van der Waals surface area contributed by atoms with Crippen molar-refractivity contribution in [3.63, 3.8) is 0 Å². The fraction of sp³-hybridized carbons (Fsp3) is 0.500. The predicted octanol–water partition coefficient (Wildman–Crippen LogP) is 3.58. The molecule has 1 aromatic carbocycles. The molecule has 0 radical (unpaired) electrons. The van der Waals surface area contributed by atoms with E-state index in [-0.39, 0.29) is 24.7 Å². The number of aromatic amines is 1. The summed E-state index contributed by atoms with van der Waals surface area (Å²) in [5, 5.41) is 16.0. The van der Waals surface area contributed by atoms with Gasteiger partial charge in [-0.25, -0.2) is 0 Å². The number of allylic oxidation sites excluding steroid dienone is 3. The summed E-state index contributed by atoms with van der Waals surface area (Å²) >= 11 is 0. The van der Waals surface area contributed by atoms with Crippen molar-refractivity contribution >= 4 is 34.2 Å². The molecule has 1 saturated carbocycles. The first-order valence-electron chi connectivity index (χ1n) is 14.2. The predicted molar refractivity (Wildman–Crippen MR) is 148 cm³/mol. The average Bonchev–Trinajstić information content (AvgIpc) is 3.48. The molecule has 8 atom stereocenters. The number of carbonyl (C=O) groups is 4. The van der Waals surface area contributed by atoms with Crippen molar-refractivity contribution < 1.29 is 29.0 Å². The fourth-order valence-electron chi connectivity index (χ4n) is 8.15. The van der Waals surface area contributed by atoms with E-state index in [1.165, 1.54) is 0 Å². The summed E-state index contributed by atoms with van der Waals surface area (Å²) in [6.07, 6.45) is 6.50. The molecule has 8 nitrogen and oxygen atoms in total. The molecular weight excluding hydrogens is 508 g/mol. The van der Waals surface area contributed by atoms with Crippen molar-refractivity contribution in [2.24, 2.45) is 29.1 Å². The average molecular weight is 545 g/mol. The van der Waals surface area contributed by atoms with E-state index in [1.807, 2.05) is 57.3 Å². The number of para-hydroxylation sites is 1. The van der Waals surface area contributed by atoms with Gasteiger partial charge in [0.1, 0.15) is 11.2 Å². The van der Waals surface area contributed by atoms with Gasteiger partial charge in [0, 0.05) is 48.2 Å². The quantitative estimate of drug-likeness (QED) is 0.302. The van der Waals surface area contributed by atoms with Gasteiger partial charge in [-0.05, 0) is 49.3 Å². The molecule has 2 saturated heterocycles. The minimum atomic E-state index is -1.64. The Morgan fingerprint density at radius 3 is 2.62 bits per heavy atom. The van der Waals surface area contributed by atoms with E-state index in [0.717, 1.165) is 16.5 Å². The Labute approximate surface area is 233 Å². The van der Waals surface area contributed by atoms with Gasteiger partial charge in [-0.3, -0.25) is 19.2 Å². The molecule has 40 heavy (non-hydrogen) atoms. The van der Waals surface area contributed by atoms with E-state index in [4.69, 9.17) is 4.74 Å². The summed E-state index contributed by atoms with van der Waals surface area (Å²) in [4.78, 5) is 57.4. The first-order valence-corrected chi connectivity index (χ1v) is 14.2. The van der Waals surface area contributed by atoms with E-state index in [0.29, 0.717) is 18.4 Å². The van der Waals surface area contributed by atoms with Gasteiger partial charge >= 0.3 is 0 Å². The van der Waals surface area contributed by atoms with Gasteiger partial charge in [0.2, 0.25) is 17.5 Å². The fourth-order valence-corrected chi connectivity index (χ4v) is 8.15. The Kier molecular flexibility index (Phi) is 6.09. The molecule has 0 unspecified atom stereocenters. The Morgan fingerprint density at radius 2 is 1.85 bits per heavy atom. The number of ketones is 3. The monoisotopic (exact) mass is 544 g/mol. The zero-order valence-corrected chi connectivity index (χ0v) is 23.3. The molecule has 4 aliphatic rings. The Bertz CT molecular complexity index is 1500. The highest BCUT2D eigenvalue weighted by Gasteiger charge is 2.82. The second-order valence-corrected chi connectivity index (χ2v) is 12.4. The van der Waals surface area contributed by atoms with Crippen LogP contribution in [0.4, 0.5) is 0 Å². The van der Waals surface area contributed by atoms with Crippen molar-refractivity contribution in [1.82, 2.24) is 10.3 Å². The first kappa shape index (κ1) is 26.8. The summed E-state index contributed by atoms with van der Waals surface area (Å²) in [6.45, 7) is 7.36. The highest BCUT2D eigenvalue weighted by molar-refractivity contribution is 6.43. The number of Topliss-reactive ketones (excluding diaryl/α,β-unsaturated/α-hetero) is 3. The van der Waals surface area contributed by atoms with Crippen LogP contribution in [0, 0.1) is 29.1 Å². The number of nitrogens with one attached hydrogen (secondary N) is 2. The number of aliphatic hydroxyl groups excluding tert-OH is 1.